The van der Waals surface area contributed by atoms with Crippen LogP contribution >= 0.6 is 11.6 Å². The molecule has 1 atom stereocenters. The number of carbonyl (C=O) groups is 2. The van der Waals surface area contributed by atoms with Crippen LogP contribution in [-0.2, 0) is 16.1 Å². The molecule has 0 fully saturated rings. The molecule has 160 valence electrons. The second-order valence-electron chi connectivity index (χ2n) is 5.90. The van der Waals surface area contributed by atoms with Gasteiger partial charge in [-0.2, -0.15) is 0 Å². The van der Waals surface area contributed by atoms with Crippen molar-refractivity contribution in [2.75, 3.05) is 6.61 Å². The van der Waals surface area contributed by atoms with Crippen molar-refractivity contribution in [3.8, 4) is 0 Å². The van der Waals surface area contributed by atoms with Crippen LogP contribution in [0.4, 0.5) is 22.0 Å². The summed E-state index contributed by atoms with van der Waals surface area (Å²) >= 11 is 5.74. The van der Waals surface area contributed by atoms with Gasteiger partial charge in [-0.3, -0.25) is 9.59 Å². The highest BCUT2D eigenvalue weighted by Crippen LogP contribution is 2.23. The maximum atomic E-state index is 13.6. The highest BCUT2D eigenvalue weighted by molar-refractivity contribution is 6.30. The molecule has 0 bridgehead atoms. The molecular weight excluding hydrogens is 435 g/mol. The van der Waals surface area contributed by atoms with Gasteiger partial charge >= 0.3 is 0 Å². The van der Waals surface area contributed by atoms with Crippen molar-refractivity contribution in [2.45, 2.75) is 12.6 Å². The number of hydrogen-bond donors (Lipinski definition) is 3. The predicted molar refractivity (Wildman–Crippen MR) is 97.6 cm³/mol. The van der Waals surface area contributed by atoms with E-state index in [1.807, 2.05) is 5.32 Å². The van der Waals surface area contributed by atoms with Gasteiger partial charge in [-0.1, -0.05) is 23.7 Å². The summed E-state index contributed by atoms with van der Waals surface area (Å²) < 4.78 is 66.5. The lowest BCUT2D eigenvalue weighted by atomic mass is 10.1. The summed E-state index contributed by atoms with van der Waals surface area (Å²) in [6, 6.07) is 5.05. The van der Waals surface area contributed by atoms with E-state index in [1.54, 1.807) is 24.3 Å². The fourth-order valence-corrected chi connectivity index (χ4v) is 2.38. The summed E-state index contributed by atoms with van der Waals surface area (Å²) in [6.07, 6.45) is 0.832. The van der Waals surface area contributed by atoms with Gasteiger partial charge in [0.05, 0.1) is 12.2 Å². The second kappa shape index (κ2) is 10.2. The van der Waals surface area contributed by atoms with Crippen LogP contribution in [0.1, 0.15) is 11.1 Å². The monoisotopic (exact) mass is 448 g/mol. The largest absolute Gasteiger partial charge is 0.394 e. The number of aliphatic hydroxyl groups is 1. The van der Waals surface area contributed by atoms with Crippen molar-refractivity contribution in [1.82, 2.24) is 10.6 Å². The number of benzene rings is 2. The first-order valence-corrected chi connectivity index (χ1v) is 8.66. The maximum Gasteiger partial charge on any atom is 0.245 e. The quantitative estimate of drug-likeness (QED) is 0.264. The topological polar surface area (TPSA) is 78.4 Å². The Hall–Kier alpha value is -2.98. The number of carbonyl (C=O) groups excluding carboxylic acids is 2. The normalized spacial score (nSPS) is 12.1. The minimum atomic E-state index is -2.33. The van der Waals surface area contributed by atoms with Crippen molar-refractivity contribution in [3.05, 3.63) is 75.6 Å². The number of aliphatic hydroxyl groups excluding tert-OH is 1. The zero-order chi connectivity index (χ0) is 22.4. The average Bonchev–Trinajstić information content (AvgIpc) is 2.74. The van der Waals surface area contributed by atoms with E-state index in [1.165, 1.54) is 0 Å². The average molecular weight is 449 g/mol. The molecule has 0 heterocycles. The lowest BCUT2D eigenvalue weighted by Gasteiger charge is -2.15. The van der Waals surface area contributed by atoms with Crippen LogP contribution in [0.15, 0.2) is 30.3 Å². The summed E-state index contributed by atoms with van der Waals surface area (Å²) in [5, 5.41) is 14.3. The van der Waals surface area contributed by atoms with Gasteiger partial charge in [0.25, 0.3) is 0 Å². The van der Waals surface area contributed by atoms with Crippen LogP contribution in [0.2, 0.25) is 5.02 Å². The van der Waals surface area contributed by atoms with Gasteiger partial charge in [-0.15, -0.1) is 0 Å². The molecule has 0 radical (unpaired) electrons. The van der Waals surface area contributed by atoms with E-state index < -0.39 is 59.1 Å². The standard InChI is InChI=1S/C19H14ClF5N2O3/c20-10-3-1-9(2-4-10)7-26-19(30)12(8-28)27-13(29)6-5-11-14(21)16(23)18(25)17(24)15(11)22/h1-6,12,28H,7-8H2,(H,26,30)(H,27,29). The Morgan fingerprint density at radius 3 is 2.03 bits per heavy atom. The highest BCUT2D eigenvalue weighted by atomic mass is 35.5. The minimum absolute atomic E-state index is 0.0583. The molecule has 30 heavy (non-hydrogen) atoms. The number of amides is 2. The van der Waals surface area contributed by atoms with Crippen molar-refractivity contribution in [2.24, 2.45) is 0 Å². The van der Waals surface area contributed by atoms with E-state index in [4.69, 9.17) is 11.6 Å². The lowest BCUT2D eigenvalue weighted by molar-refractivity contribution is -0.128. The Bertz CT molecular complexity index is 954. The first-order chi connectivity index (χ1) is 14.1. The van der Waals surface area contributed by atoms with Gasteiger partial charge in [-0.25, -0.2) is 22.0 Å². The Labute approximate surface area is 172 Å². The molecule has 2 aromatic rings. The Balaban J connectivity index is 2.03. The van der Waals surface area contributed by atoms with Gasteiger partial charge in [-0.05, 0) is 23.8 Å². The molecule has 0 spiro atoms. The summed E-state index contributed by atoms with van der Waals surface area (Å²) in [5.74, 6) is -12.8. The van der Waals surface area contributed by atoms with Crippen molar-refractivity contribution < 1.29 is 36.6 Å². The molecule has 2 amide bonds. The summed E-state index contributed by atoms with van der Waals surface area (Å²) in [5.41, 5.74) is -0.642. The predicted octanol–water partition coefficient (Wildman–Crippen LogP) is 2.84. The minimum Gasteiger partial charge on any atom is -0.394 e. The van der Waals surface area contributed by atoms with E-state index in [9.17, 15) is 36.6 Å². The van der Waals surface area contributed by atoms with Crippen molar-refractivity contribution in [3.63, 3.8) is 0 Å². The molecular formula is C19H14ClF5N2O3. The third-order valence-electron chi connectivity index (χ3n) is 3.84. The van der Waals surface area contributed by atoms with E-state index in [2.05, 4.69) is 5.32 Å². The maximum absolute atomic E-state index is 13.6. The number of rotatable bonds is 7. The first kappa shape index (κ1) is 23.3. The fourth-order valence-electron chi connectivity index (χ4n) is 2.26. The SMILES string of the molecule is O=C(C=Cc1c(F)c(F)c(F)c(F)c1F)NC(CO)C(=O)NCc1ccc(Cl)cc1. The van der Waals surface area contributed by atoms with Gasteiger partial charge < -0.3 is 15.7 Å². The van der Waals surface area contributed by atoms with Crippen LogP contribution in [0, 0.1) is 29.1 Å². The molecule has 11 heteroatoms. The number of nitrogens with one attached hydrogen (secondary N) is 2. The van der Waals surface area contributed by atoms with Crippen LogP contribution in [0.25, 0.3) is 6.08 Å². The van der Waals surface area contributed by atoms with Crippen molar-refractivity contribution >= 4 is 29.5 Å². The van der Waals surface area contributed by atoms with Gasteiger partial charge in [0, 0.05) is 17.6 Å². The third kappa shape index (κ3) is 5.55. The Morgan fingerprint density at radius 2 is 1.50 bits per heavy atom. The summed E-state index contributed by atoms with van der Waals surface area (Å²) in [7, 11) is 0. The molecule has 0 aromatic heterocycles. The molecule has 0 aliphatic carbocycles. The number of hydrogen-bond acceptors (Lipinski definition) is 3. The molecule has 3 N–H and O–H groups in total. The summed E-state index contributed by atoms with van der Waals surface area (Å²) in [6.45, 7) is -0.753. The highest BCUT2D eigenvalue weighted by Gasteiger charge is 2.24. The Kier molecular flexibility index (Phi) is 7.90. The Morgan fingerprint density at radius 1 is 0.967 bits per heavy atom. The van der Waals surface area contributed by atoms with Crippen LogP contribution in [0.3, 0.4) is 0 Å². The van der Waals surface area contributed by atoms with Crippen molar-refractivity contribution in [1.29, 1.82) is 0 Å². The third-order valence-corrected chi connectivity index (χ3v) is 4.09. The second-order valence-corrected chi connectivity index (χ2v) is 6.34. The fraction of sp³-hybridized carbons (Fsp3) is 0.158. The van der Waals surface area contributed by atoms with Gasteiger partial charge in [0.15, 0.2) is 23.3 Å². The molecule has 2 rings (SSSR count). The summed E-state index contributed by atoms with van der Waals surface area (Å²) in [4.78, 5) is 23.9. The molecule has 2 aromatic carbocycles. The molecule has 0 aliphatic rings. The zero-order valence-electron chi connectivity index (χ0n) is 15.0. The van der Waals surface area contributed by atoms with Crippen LogP contribution in [-0.4, -0.2) is 29.6 Å². The van der Waals surface area contributed by atoms with Gasteiger partial charge in [0.2, 0.25) is 17.6 Å². The van der Waals surface area contributed by atoms with Crippen LogP contribution < -0.4 is 10.6 Å². The molecule has 0 aliphatic heterocycles. The zero-order valence-corrected chi connectivity index (χ0v) is 15.7. The number of halogens is 6. The van der Waals surface area contributed by atoms with E-state index in [0.717, 1.165) is 0 Å². The van der Waals surface area contributed by atoms with E-state index >= 15 is 0 Å². The van der Waals surface area contributed by atoms with Gasteiger partial charge in [0.1, 0.15) is 6.04 Å². The van der Waals surface area contributed by atoms with E-state index in [-0.39, 0.29) is 6.54 Å². The smallest absolute Gasteiger partial charge is 0.245 e. The molecule has 5 nitrogen and oxygen atoms in total. The first-order valence-electron chi connectivity index (χ1n) is 8.28. The lowest BCUT2D eigenvalue weighted by Crippen LogP contribution is -2.48. The van der Waals surface area contributed by atoms with E-state index in [0.29, 0.717) is 22.7 Å². The van der Waals surface area contributed by atoms with Crippen LogP contribution in [0.5, 0.6) is 0 Å². The molecule has 1 unspecified atom stereocenters. The molecule has 0 saturated carbocycles. The molecule has 0 saturated heterocycles.